The average Bonchev–Trinajstić information content (AvgIpc) is 2.66. The summed E-state index contributed by atoms with van der Waals surface area (Å²) in [4.78, 5) is 18.8. The SMILES string of the molecule is CCNC(=NCC(C)(C)C(=O)NC)NCCCN(CC)c1ccccc1.I. The number of rotatable bonds is 10. The number of nitrogens with one attached hydrogen (secondary N) is 3. The quantitative estimate of drug-likeness (QED) is 0.205. The molecule has 1 aromatic carbocycles. The zero-order valence-electron chi connectivity index (χ0n) is 17.3. The van der Waals surface area contributed by atoms with Crippen molar-refractivity contribution in [1.82, 2.24) is 16.0 Å². The number of benzene rings is 1. The number of carbonyl (C=O) groups is 1. The minimum atomic E-state index is -0.524. The van der Waals surface area contributed by atoms with Gasteiger partial charge in [0.15, 0.2) is 5.96 Å². The van der Waals surface area contributed by atoms with Gasteiger partial charge in [0, 0.05) is 38.9 Å². The average molecular weight is 489 g/mol. The molecule has 3 N–H and O–H groups in total. The van der Waals surface area contributed by atoms with Gasteiger partial charge in [0.25, 0.3) is 0 Å². The van der Waals surface area contributed by atoms with Crippen LogP contribution in [-0.2, 0) is 4.79 Å². The Morgan fingerprint density at radius 1 is 1.15 bits per heavy atom. The van der Waals surface area contributed by atoms with E-state index in [-0.39, 0.29) is 29.9 Å². The van der Waals surface area contributed by atoms with Crippen LogP contribution >= 0.6 is 24.0 Å². The van der Waals surface area contributed by atoms with E-state index < -0.39 is 5.41 Å². The van der Waals surface area contributed by atoms with Gasteiger partial charge in [0.2, 0.25) is 5.91 Å². The number of nitrogens with zero attached hydrogens (tertiary/aromatic N) is 2. The van der Waals surface area contributed by atoms with Gasteiger partial charge in [-0.2, -0.15) is 0 Å². The number of guanidine groups is 1. The molecule has 0 aromatic heterocycles. The van der Waals surface area contributed by atoms with E-state index in [1.165, 1.54) is 5.69 Å². The maximum absolute atomic E-state index is 11.9. The lowest BCUT2D eigenvalue weighted by atomic mass is 9.93. The van der Waals surface area contributed by atoms with Crippen LogP contribution in [-0.4, -0.2) is 51.6 Å². The first-order valence-electron chi connectivity index (χ1n) is 9.49. The third-order valence-corrected chi connectivity index (χ3v) is 4.22. The van der Waals surface area contributed by atoms with Crippen molar-refractivity contribution < 1.29 is 4.79 Å². The fourth-order valence-electron chi connectivity index (χ4n) is 2.61. The first-order valence-corrected chi connectivity index (χ1v) is 9.49. The third-order valence-electron chi connectivity index (χ3n) is 4.22. The molecule has 0 aliphatic carbocycles. The van der Waals surface area contributed by atoms with E-state index in [2.05, 4.69) is 57.0 Å². The molecule has 1 aromatic rings. The Morgan fingerprint density at radius 3 is 2.37 bits per heavy atom. The highest BCUT2D eigenvalue weighted by Crippen LogP contribution is 2.15. The zero-order valence-corrected chi connectivity index (χ0v) is 19.7. The molecule has 1 amide bonds. The highest BCUT2D eigenvalue weighted by atomic mass is 127. The molecule has 0 aliphatic heterocycles. The van der Waals surface area contributed by atoms with Gasteiger partial charge in [0.05, 0.1) is 12.0 Å². The van der Waals surface area contributed by atoms with Gasteiger partial charge >= 0.3 is 0 Å². The molecule has 154 valence electrons. The van der Waals surface area contributed by atoms with Gasteiger partial charge in [-0.15, -0.1) is 24.0 Å². The van der Waals surface area contributed by atoms with Crippen LogP contribution in [0.25, 0.3) is 0 Å². The lowest BCUT2D eigenvalue weighted by Gasteiger charge is -2.23. The van der Waals surface area contributed by atoms with E-state index in [0.717, 1.165) is 38.6 Å². The van der Waals surface area contributed by atoms with Crippen molar-refractivity contribution in [3.05, 3.63) is 30.3 Å². The predicted octanol–water partition coefficient (Wildman–Crippen LogP) is 2.85. The van der Waals surface area contributed by atoms with Gasteiger partial charge in [-0.05, 0) is 46.2 Å². The van der Waals surface area contributed by atoms with E-state index in [1.807, 2.05) is 26.8 Å². The second-order valence-electron chi connectivity index (χ2n) is 6.85. The van der Waals surface area contributed by atoms with Gasteiger partial charge in [-0.3, -0.25) is 9.79 Å². The normalized spacial score (nSPS) is 11.4. The summed E-state index contributed by atoms with van der Waals surface area (Å²) in [6, 6.07) is 10.5. The Hall–Kier alpha value is -1.51. The number of hydrogen-bond donors (Lipinski definition) is 3. The second kappa shape index (κ2) is 13.6. The number of carbonyl (C=O) groups excluding carboxylic acids is 1. The minimum Gasteiger partial charge on any atom is -0.372 e. The highest BCUT2D eigenvalue weighted by molar-refractivity contribution is 14.0. The maximum Gasteiger partial charge on any atom is 0.227 e. The Labute approximate surface area is 181 Å². The molecule has 0 saturated heterocycles. The summed E-state index contributed by atoms with van der Waals surface area (Å²) in [6.07, 6.45) is 1.01. The molecule has 0 heterocycles. The van der Waals surface area contributed by atoms with Gasteiger partial charge in [-0.25, -0.2) is 0 Å². The topological polar surface area (TPSA) is 68.8 Å². The molecule has 0 unspecified atom stereocenters. The Bertz CT molecular complexity index is 563. The molecule has 0 saturated carbocycles. The van der Waals surface area contributed by atoms with Crippen LogP contribution in [0.4, 0.5) is 5.69 Å². The highest BCUT2D eigenvalue weighted by Gasteiger charge is 2.26. The standard InChI is InChI=1S/C20H35N5O.HI/c1-6-22-19(24-16-20(3,4)18(26)21-5)23-14-11-15-25(7-2)17-12-9-8-10-13-17;/h8-10,12-13H,6-7,11,14-16H2,1-5H3,(H,21,26)(H2,22,23,24);1H. The number of hydrogen-bond acceptors (Lipinski definition) is 3. The molecule has 0 radical (unpaired) electrons. The molecule has 7 heteroatoms. The molecule has 0 spiro atoms. The first-order chi connectivity index (χ1) is 12.4. The molecule has 0 fully saturated rings. The number of halogens is 1. The van der Waals surface area contributed by atoms with Crippen LogP contribution in [0.5, 0.6) is 0 Å². The van der Waals surface area contributed by atoms with Crippen LogP contribution in [0.15, 0.2) is 35.3 Å². The van der Waals surface area contributed by atoms with Crippen molar-refractivity contribution in [3.8, 4) is 0 Å². The zero-order chi connectivity index (χ0) is 19.4. The molecular weight excluding hydrogens is 453 g/mol. The van der Waals surface area contributed by atoms with E-state index in [1.54, 1.807) is 7.05 Å². The van der Waals surface area contributed by atoms with E-state index in [4.69, 9.17) is 0 Å². The molecular formula is C20H36IN5O. The molecule has 6 nitrogen and oxygen atoms in total. The first kappa shape index (κ1) is 25.5. The van der Waals surface area contributed by atoms with Crippen molar-refractivity contribution in [2.24, 2.45) is 10.4 Å². The summed E-state index contributed by atoms with van der Waals surface area (Å²) in [7, 11) is 1.66. The molecule has 27 heavy (non-hydrogen) atoms. The van der Waals surface area contributed by atoms with Crippen molar-refractivity contribution in [1.29, 1.82) is 0 Å². The summed E-state index contributed by atoms with van der Waals surface area (Å²) in [5.74, 6) is 0.755. The summed E-state index contributed by atoms with van der Waals surface area (Å²) >= 11 is 0. The van der Waals surface area contributed by atoms with Crippen molar-refractivity contribution in [3.63, 3.8) is 0 Å². The number of aliphatic imine (C=N–C) groups is 1. The van der Waals surface area contributed by atoms with Crippen LogP contribution in [0.3, 0.4) is 0 Å². The number of amides is 1. The molecule has 0 atom stereocenters. The van der Waals surface area contributed by atoms with E-state index >= 15 is 0 Å². The predicted molar refractivity (Wildman–Crippen MR) is 126 cm³/mol. The van der Waals surface area contributed by atoms with Crippen LogP contribution in [0.2, 0.25) is 0 Å². The lowest BCUT2D eigenvalue weighted by molar-refractivity contribution is -0.128. The fraction of sp³-hybridized carbons (Fsp3) is 0.600. The van der Waals surface area contributed by atoms with Crippen LogP contribution in [0.1, 0.15) is 34.1 Å². The fourth-order valence-corrected chi connectivity index (χ4v) is 2.61. The molecule has 0 aliphatic rings. The number of anilines is 1. The summed E-state index contributed by atoms with van der Waals surface area (Å²) in [5, 5.41) is 9.29. The lowest BCUT2D eigenvalue weighted by Crippen LogP contribution is -2.41. The van der Waals surface area contributed by atoms with Crippen LogP contribution in [0, 0.1) is 5.41 Å². The van der Waals surface area contributed by atoms with Gasteiger partial charge < -0.3 is 20.9 Å². The van der Waals surface area contributed by atoms with Crippen molar-refractivity contribution in [2.45, 2.75) is 34.1 Å². The Balaban J connectivity index is 0.00000676. The van der Waals surface area contributed by atoms with Gasteiger partial charge in [0.1, 0.15) is 0 Å². The maximum atomic E-state index is 11.9. The third kappa shape index (κ3) is 9.30. The Morgan fingerprint density at radius 2 is 1.81 bits per heavy atom. The largest absolute Gasteiger partial charge is 0.372 e. The van der Waals surface area contributed by atoms with Crippen LogP contribution < -0.4 is 20.9 Å². The Kier molecular flexibility index (Phi) is 12.9. The summed E-state index contributed by atoms with van der Waals surface area (Å²) in [6.45, 7) is 12.0. The van der Waals surface area contributed by atoms with E-state index in [0.29, 0.717) is 6.54 Å². The smallest absolute Gasteiger partial charge is 0.227 e. The summed E-state index contributed by atoms with van der Waals surface area (Å²) < 4.78 is 0. The number of para-hydroxylation sites is 1. The molecule has 0 bridgehead atoms. The van der Waals surface area contributed by atoms with E-state index in [9.17, 15) is 4.79 Å². The molecule has 1 rings (SSSR count). The summed E-state index contributed by atoms with van der Waals surface area (Å²) in [5.41, 5.74) is 0.728. The second-order valence-corrected chi connectivity index (χ2v) is 6.85. The monoisotopic (exact) mass is 489 g/mol. The van der Waals surface area contributed by atoms with Crippen molar-refractivity contribution in [2.75, 3.05) is 44.7 Å². The minimum absolute atomic E-state index is 0. The van der Waals surface area contributed by atoms with Gasteiger partial charge in [-0.1, -0.05) is 18.2 Å². The van der Waals surface area contributed by atoms with Crippen molar-refractivity contribution >= 4 is 41.5 Å².